The highest BCUT2D eigenvalue weighted by atomic mass is 16.6. The predicted octanol–water partition coefficient (Wildman–Crippen LogP) is 3.95. The van der Waals surface area contributed by atoms with E-state index in [1.165, 1.54) is 11.1 Å². The van der Waals surface area contributed by atoms with Gasteiger partial charge in [0.25, 0.3) is 0 Å². The number of cyclic esters (lactones) is 1. The van der Waals surface area contributed by atoms with Crippen LogP contribution in [0.4, 0.5) is 4.79 Å². The summed E-state index contributed by atoms with van der Waals surface area (Å²) < 4.78 is 5.29. The molecule has 1 aliphatic heterocycles. The fourth-order valence-electron chi connectivity index (χ4n) is 3.07. The number of hydrazine groups is 1. The molecule has 1 aliphatic rings. The third-order valence-corrected chi connectivity index (χ3v) is 4.38. The summed E-state index contributed by atoms with van der Waals surface area (Å²) in [6.45, 7) is 4.72. The van der Waals surface area contributed by atoms with Gasteiger partial charge in [0.15, 0.2) is 0 Å². The van der Waals surface area contributed by atoms with Crippen molar-refractivity contribution >= 4 is 6.09 Å². The van der Waals surface area contributed by atoms with E-state index in [-0.39, 0.29) is 18.2 Å². The Hall–Kier alpha value is -2.33. The second-order valence-corrected chi connectivity index (χ2v) is 6.55. The van der Waals surface area contributed by atoms with Crippen LogP contribution in [-0.2, 0) is 11.2 Å². The van der Waals surface area contributed by atoms with Gasteiger partial charge in [0.05, 0.1) is 12.1 Å². The molecule has 0 radical (unpaired) electrons. The van der Waals surface area contributed by atoms with Crippen molar-refractivity contribution < 1.29 is 9.53 Å². The van der Waals surface area contributed by atoms with Crippen molar-refractivity contribution in [2.45, 2.75) is 32.4 Å². The standard InChI is InChI=1S/C20H24N2O2/c1-15(2)19(17-11-7-4-8-12-17)21-22-18(14-24-20(22)23)13-16-9-5-3-6-10-16/h3-12,15,18-19,21H,13-14H2,1-2H3/t18-,19+/m0/s1. The Bertz CT molecular complexity index is 658. The van der Waals surface area contributed by atoms with Crippen LogP contribution in [0.1, 0.15) is 31.0 Å². The number of hydrogen-bond acceptors (Lipinski definition) is 3. The Morgan fingerprint density at radius 1 is 1.08 bits per heavy atom. The van der Waals surface area contributed by atoms with Crippen LogP contribution in [-0.4, -0.2) is 23.8 Å². The smallest absolute Gasteiger partial charge is 0.424 e. The predicted molar refractivity (Wildman–Crippen MR) is 94.3 cm³/mol. The molecule has 24 heavy (non-hydrogen) atoms. The molecule has 0 unspecified atom stereocenters. The lowest BCUT2D eigenvalue weighted by Crippen LogP contribution is -2.48. The van der Waals surface area contributed by atoms with E-state index in [1.807, 2.05) is 36.4 Å². The Morgan fingerprint density at radius 2 is 1.71 bits per heavy atom. The molecular formula is C20H24N2O2. The molecule has 0 bridgehead atoms. The van der Waals surface area contributed by atoms with Crippen molar-refractivity contribution in [3.63, 3.8) is 0 Å². The normalized spacial score (nSPS) is 18.7. The summed E-state index contributed by atoms with van der Waals surface area (Å²) in [5, 5.41) is 1.67. The van der Waals surface area contributed by atoms with Crippen LogP contribution < -0.4 is 5.43 Å². The van der Waals surface area contributed by atoms with Crippen molar-refractivity contribution in [2.24, 2.45) is 5.92 Å². The molecule has 0 aromatic heterocycles. The summed E-state index contributed by atoms with van der Waals surface area (Å²) in [5.41, 5.74) is 5.78. The highest BCUT2D eigenvalue weighted by Crippen LogP contribution is 2.25. The number of hydrogen-bond donors (Lipinski definition) is 1. The van der Waals surface area contributed by atoms with Gasteiger partial charge in [-0.15, -0.1) is 0 Å². The van der Waals surface area contributed by atoms with Gasteiger partial charge in [0.2, 0.25) is 0 Å². The Labute approximate surface area is 143 Å². The molecule has 0 saturated carbocycles. The summed E-state index contributed by atoms with van der Waals surface area (Å²) in [6.07, 6.45) is 0.483. The highest BCUT2D eigenvalue weighted by molar-refractivity contribution is 5.69. The first-order chi connectivity index (χ1) is 11.6. The quantitative estimate of drug-likeness (QED) is 0.875. The van der Waals surface area contributed by atoms with E-state index in [4.69, 9.17) is 4.74 Å². The van der Waals surface area contributed by atoms with E-state index < -0.39 is 0 Å². The number of benzene rings is 2. The Kier molecular flexibility index (Phi) is 5.16. The SMILES string of the molecule is CC(C)[C@@H](NN1C(=O)OC[C@@H]1Cc1ccccc1)c1ccccc1. The van der Waals surface area contributed by atoms with Crippen molar-refractivity contribution in [3.8, 4) is 0 Å². The van der Waals surface area contributed by atoms with Gasteiger partial charge in [0, 0.05) is 0 Å². The zero-order valence-corrected chi connectivity index (χ0v) is 14.2. The van der Waals surface area contributed by atoms with Crippen LogP contribution in [0.15, 0.2) is 60.7 Å². The Morgan fingerprint density at radius 3 is 2.33 bits per heavy atom. The van der Waals surface area contributed by atoms with Crippen molar-refractivity contribution in [2.75, 3.05) is 6.61 Å². The maximum absolute atomic E-state index is 12.2. The van der Waals surface area contributed by atoms with E-state index in [9.17, 15) is 4.79 Å². The third kappa shape index (κ3) is 3.77. The van der Waals surface area contributed by atoms with Gasteiger partial charge >= 0.3 is 6.09 Å². The fourth-order valence-corrected chi connectivity index (χ4v) is 3.07. The van der Waals surface area contributed by atoms with Gasteiger partial charge in [-0.1, -0.05) is 74.5 Å². The zero-order valence-electron chi connectivity index (χ0n) is 14.2. The summed E-state index contributed by atoms with van der Waals surface area (Å²) in [6, 6.07) is 20.5. The molecule has 0 aliphatic carbocycles. The lowest BCUT2D eigenvalue weighted by atomic mass is 9.96. The molecule has 2 atom stereocenters. The third-order valence-electron chi connectivity index (χ3n) is 4.38. The van der Waals surface area contributed by atoms with E-state index in [0.29, 0.717) is 12.5 Å². The lowest BCUT2D eigenvalue weighted by Gasteiger charge is -2.30. The number of carbonyl (C=O) groups is 1. The minimum atomic E-state index is -0.294. The minimum absolute atomic E-state index is 0.00450. The topological polar surface area (TPSA) is 41.6 Å². The molecule has 1 amide bonds. The molecule has 0 spiro atoms. The molecule has 1 N–H and O–H groups in total. The fraction of sp³-hybridized carbons (Fsp3) is 0.350. The molecule has 1 heterocycles. The van der Waals surface area contributed by atoms with Crippen LogP contribution in [0.5, 0.6) is 0 Å². The van der Waals surface area contributed by atoms with Crippen molar-refractivity contribution in [3.05, 3.63) is 71.8 Å². The molecule has 126 valence electrons. The van der Waals surface area contributed by atoms with Crippen LogP contribution in [0, 0.1) is 5.92 Å². The minimum Gasteiger partial charge on any atom is -0.446 e. The van der Waals surface area contributed by atoms with E-state index in [2.05, 4.69) is 43.5 Å². The molecule has 2 aromatic carbocycles. The maximum Gasteiger partial charge on any atom is 0.424 e. The van der Waals surface area contributed by atoms with Gasteiger partial charge in [0.1, 0.15) is 6.61 Å². The molecule has 1 saturated heterocycles. The first kappa shape index (κ1) is 16.5. The number of carbonyl (C=O) groups excluding carboxylic acids is 1. The first-order valence-electron chi connectivity index (χ1n) is 8.46. The number of rotatable bonds is 6. The van der Waals surface area contributed by atoms with Crippen molar-refractivity contribution in [1.82, 2.24) is 10.4 Å². The van der Waals surface area contributed by atoms with Gasteiger partial charge in [-0.25, -0.2) is 15.2 Å². The summed E-state index contributed by atoms with van der Waals surface area (Å²) in [7, 11) is 0. The van der Waals surface area contributed by atoms with Gasteiger partial charge in [-0.05, 0) is 23.5 Å². The largest absolute Gasteiger partial charge is 0.446 e. The summed E-state index contributed by atoms with van der Waals surface area (Å²) >= 11 is 0. The van der Waals surface area contributed by atoms with E-state index in [0.717, 1.165) is 6.42 Å². The lowest BCUT2D eigenvalue weighted by molar-refractivity contribution is 0.122. The molecule has 2 aromatic rings. The van der Waals surface area contributed by atoms with Gasteiger partial charge in [-0.2, -0.15) is 0 Å². The second kappa shape index (κ2) is 7.49. The van der Waals surface area contributed by atoms with Crippen LogP contribution >= 0.6 is 0 Å². The van der Waals surface area contributed by atoms with Crippen LogP contribution in [0.2, 0.25) is 0 Å². The number of nitrogens with one attached hydrogen (secondary N) is 1. The molecule has 4 heteroatoms. The average molecular weight is 324 g/mol. The Balaban J connectivity index is 1.76. The van der Waals surface area contributed by atoms with Crippen LogP contribution in [0.25, 0.3) is 0 Å². The number of amides is 1. The monoisotopic (exact) mass is 324 g/mol. The first-order valence-corrected chi connectivity index (χ1v) is 8.46. The van der Waals surface area contributed by atoms with Gasteiger partial charge < -0.3 is 4.74 Å². The molecule has 4 nitrogen and oxygen atoms in total. The maximum atomic E-state index is 12.2. The highest BCUT2D eigenvalue weighted by Gasteiger charge is 2.35. The summed E-state index contributed by atoms with van der Waals surface area (Å²) in [5.74, 6) is 0.346. The summed E-state index contributed by atoms with van der Waals surface area (Å²) in [4.78, 5) is 12.2. The van der Waals surface area contributed by atoms with E-state index >= 15 is 0 Å². The van der Waals surface area contributed by atoms with Gasteiger partial charge in [-0.3, -0.25) is 0 Å². The van der Waals surface area contributed by atoms with E-state index in [1.54, 1.807) is 5.01 Å². The van der Waals surface area contributed by atoms with Crippen LogP contribution in [0.3, 0.4) is 0 Å². The molecule has 1 fully saturated rings. The number of ether oxygens (including phenoxy) is 1. The van der Waals surface area contributed by atoms with Crippen molar-refractivity contribution in [1.29, 1.82) is 0 Å². The second-order valence-electron chi connectivity index (χ2n) is 6.55. The number of nitrogens with zero attached hydrogens (tertiary/aromatic N) is 1. The zero-order chi connectivity index (χ0) is 16.9. The molecular weight excluding hydrogens is 300 g/mol. The molecule has 3 rings (SSSR count). The average Bonchev–Trinajstić information content (AvgIpc) is 2.94.